The summed E-state index contributed by atoms with van der Waals surface area (Å²) in [4.78, 5) is 7.07. The number of nitrogens with one attached hydrogen (secondary N) is 1. The quantitative estimate of drug-likeness (QED) is 0.433. The summed E-state index contributed by atoms with van der Waals surface area (Å²) < 4.78 is 7.53. The minimum atomic E-state index is -0.155. The van der Waals surface area contributed by atoms with Crippen molar-refractivity contribution in [3.8, 4) is 28.6 Å². The van der Waals surface area contributed by atoms with Gasteiger partial charge in [-0.25, -0.2) is 4.98 Å². The van der Waals surface area contributed by atoms with Crippen molar-refractivity contribution in [2.75, 3.05) is 26.3 Å². The molecule has 2 heterocycles. The van der Waals surface area contributed by atoms with Crippen molar-refractivity contribution in [1.82, 2.24) is 19.8 Å². The fourth-order valence-electron chi connectivity index (χ4n) is 5.04. The zero-order chi connectivity index (χ0) is 24.2. The van der Waals surface area contributed by atoms with E-state index in [2.05, 4.69) is 44.0 Å². The number of rotatable bonds is 7. The molecule has 0 bridgehead atoms. The monoisotopic (exact) mass is 496 g/mol. The summed E-state index contributed by atoms with van der Waals surface area (Å²) in [6, 6.07) is 11.8. The Hall–Kier alpha value is -2.58. The topological polar surface area (TPSA) is 82.8 Å². The highest BCUT2D eigenvalue weighted by Crippen LogP contribution is 2.38. The summed E-state index contributed by atoms with van der Waals surface area (Å²) in [7, 11) is 0. The highest BCUT2D eigenvalue weighted by Gasteiger charge is 2.20. The van der Waals surface area contributed by atoms with Crippen LogP contribution < -0.4 is 5.32 Å². The number of hydrogen-bond acceptors (Lipinski definition) is 6. The molecule has 8 heteroatoms. The van der Waals surface area contributed by atoms with Gasteiger partial charge in [0.1, 0.15) is 17.3 Å². The molecule has 1 saturated carbocycles. The van der Waals surface area contributed by atoms with Gasteiger partial charge in [-0.05, 0) is 36.6 Å². The molecule has 2 aromatic carbocycles. The fraction of sp³-hybridized carbons (Fsp3) is 0.444. The molecule has 1 saturated heterocycles. The molecule has 1 aliphatic heterocycles. The van der Waals surface area contributed by atoms with Crippen molar-refractivity contribution in [1.29, 1.82) is 0 Å². The van der Waals surface area contributed by atoms with Gasteiger partial charge in [0.25, 0.3) is 0 Å². The molecule has 2 fully saturated rings. The first kappa shape index (κ1) is 24.1. The lowest BCUT2D eigenvalue weighted by molar-refractivity contribution is 0.0342. The van der Waals surface area contributed by atoms with Gasteiger partial charge in [-0.15, -0.1) is 0 Å². The Balaban J connectivity index is 1.45. The van der Waals surface area contributed by atoms with E-state index in [0.717, 1.165) is 44.2 Å². The number of aromatic hydroxyl groups is 2. The molecule has 3 aromatic rings. The predicted molar refractivity (Wildman–Crippen MR) is 137 cm³/mol. The molecule has 186 valence electrons. The first-order valence-corrected chi connectivity index (χ1v) is 12.9. The van der Waals surface area contributed by atoms with Crippen molar-refractivity contribution in [2.45, 2.75) is 51.2 Å². The Kier molecular flexibility index (Phi) is 7.58. The molecule has 5 rings (SSSR count). The summed E-state index contributed by atoms with van der Waals surface area (Å²) in [5.41, 5.74) is 3.70. The first-order valence-electron chi connectivity index (χ1n) is 12.5. The summed E-state index contributed by atoms with van der Waals surface area (Å²) in [6.45, 7) is 5.04. The molecule has 0 unspecified atom stereocenters. The number of morpholine rings is 1. The van der Waals surface area contributed by atoms with Gasteiger partial charge in [0.15, 0.2) is 0 Å². The number of imidazole rings is 1. The molecule has 1 aromatic heterocycles. The van der Waals surface area contributed by atoms with Crippen LogP contribution in [-0.4, -0.2) is 57.0 Å². The van der Waals surface area contributed by atoms with Gasteiger partial charge in [0.05, 0.1) is 35.7 Å². The maximum Gasteiger partial charge on any atom is 0.148 e. The first-order chi connectivity index (χ1) is 17.1. The van der Waals surface area contributed by atoms with E-state index in [1.165, 1.54) is 43.7 Å². The van der Waals surface area contributed by atoms with E-state index in [-0.39, 0.29) is 16.5 Å². The number of benzene rings is 2. The summed E-state index contributed by atoms with van der Waals surface area (Å²) in [5, 5.41) is 24.4. The number of phenols is 2. The van der Waals surface area contributed by atoms with Crippen LogP contribution in [0.5, 0.6) is 11.5 Å². The van der Waals surface area contributed by atoms with Gasteiger partial charge >= 0.3 is 0 Å². The largest absolute Gasteiger partial charge is 0.507 e. The molecule has 0 amide bonds. The third-order valence-electron chi connectivity index (χ3n) is 7.02. The molecule has 0 atom stereocenters. The minimum Gasteiger partial charge on any atom is -0.507 e. The Morgan fingerprint density at radius 2 is 1.74 bits per heavy atom. The minimum absolute atomic E-state index is 0.0607. The van der Waals surface area contributed by atoms with Crippen LogP contribution in [0.2, 0.25) is 5.02 Å². The zero-order valence-corrected chi connectivity index (χ0v) is 20.7. The van der Waals surface area contributed by atoms with Crippen LogP contribution in [0.25, 0.3) is 17.1 Å². The van der Waals surface area contributed by atoms with Gasteiger partial charge in [-0.1, -0.05) is 43.0 Å². The number of halogens is 1. The molecule has 0 radical (unpaired) electrons. The van der Waals surface area contributed by atoms with Crippen LogP contribution >= 0.6 is 11.6 Å². The zero-order valence-electron chi connectivity index (χ0n) is 19.9. The lowest BCUT2D eigenvalue weighted by atomic mass is 9.95. The average Bonchev–Trinajstić information content (AvgIpc) is 3.30. The Labute approximate surface area is 211 Å². The lowest BCUT2D eigenvalue weighted by Crippen LogP contribution is -2.35. The molecule has 3 N–H and O–H groups in total. The van der Waals surface area contributed by atoms with Gasteiger partial charge in [-0.2, -0.15) is 0 Å². The molecular weight excluding hydrogens is 464 g/mol. The molecule has 2 aliphatic rings. The second kappa shape index (κ2) is 11.0. The summed E-state index contributed by atoms with van der Waals surface area (Å²) in [5.74, 6) is 0.373. The van der Waals surface area contributed by atoms with Crippen molar-refractivity contribution < 1.29 is 14.9 Å². The normalized spacial score (nSPS) is 17.6. The standard InChI is InChI=1S/C27H33ClN4O3/c28-24-14-23(25(33)15-26(24)34)27-30-17-22(16-29-20-4-2-1-3-5-20)32(27)21-8-6-19(7-9-21)18-31-10-12-35-13-11-31/h6-9,14-15,17,20,29,33-34H,1-5,10-13,16,18H2. The van der Waals surface area contributed by atoms with Crippen LogP contribution in [0.3, 0.4) is 0 Å². The van der Waals surface area contributed by atoms with Crippen LogP contribution in [0.15, 0.2) is 42.6 Å². The van der Waals surface area contributed by atoms with Crippen LogP contribution in [0.4, 0.5) is 0 Å². The molecule has 35 heavy (non-hydrogen) atoms. The van der Waals surface area contributed by atoms with Crippen molar-refractivity contribution >= 4 is 11.6 Å². The van der Waals surface area contributed by atoms with Gasteiger partial charge < -0.3 is 20.3 Å². The van der Waals surface area contributed by atoms with Gasteiger partial charge in [-0.3, -0.25) is 9.47 Å². The SMILES string of the molecule is Oc1cc(O)c(-c2ncc(CNC3CCCCC3)n2-c2ccc(CN3CCOCC3)cc2)cc1Cl. The molecular formula is C27H33ClN4O3. The van der Waals surface area contributed by atoms with E-state index in [9.17, 15) is 10.2 Å². The van der Waals surface area contributed by atoms with E-state index >= 15 is 0 Å². The average molecular weight is 497 g/mol. The lowest BCUT2D eigenvalue weighted by Gasteiger charge is -2.26. The van der Waals surface area contributed by atoms with E-state index in [1.807, 2.05) is 6.20 Å². The third-order valence-corrected chi connectivity index (χ3v) is 7.33. The second-order valence-electron chi connectivity index (χ2n) is 9.50. The Morgan fingerprint density at radius 1 is 1.00 bits per heavy atom. The highest BCUT2D eigenvalue weighted by molar-refractivity contribution is 6.32. The van der Waals surface area contributed by atoms with Crippen LogP contribution in [0.1, 0.15) is 43.4 Å². The smallest absolute Gasteiger partial charge is 0.148 e. The summed E-state index contributed by atoms with van der Waals surface area (Å²) in [6.07, 6.45) is 8.11. The van der Waals surface area contributed by atoms with Crippen LogP contribution in [-0.2, 0) is 17.8 Å². The Morgan fingerprint density at radius 3 is 2.49 bits per heavy atom. The predicted octanol–water partition coefficient (Wildman–Crippen LogP) is 4.86. The number of ether oxygens (including phenoxy) is 1. The fourth-order valence-corrected chi connectivity index (χ4v) is 5.21. The van der Waals surface area contributed by atoms with Crippen molar-refractivity contribution in [3.05, 3.63) is 58.9 Å². The number of hydrogen-bond donors (Lipinski definition) is 3. The van der Waals surface area contributed by atoms with E-state index in [0.29, 0.717) is 24.0 Å². The van der Waals surface area contributed by atoms with Crippen molar-refractivity contribution in [2.24, 2.45) is 0 Å². The van der Waals surface area contributed by atoms with E-state index < -0.39 is 0 Å². The molecule has 1 aliphatic carbocycles. The maximum atomic E-state index is 10.6. The number of phenolic OH excluding ortho intramolecular Hbond substituents is 2. The van der Waals surface area contributed by atoms with Gasteiger partial charge in [0, 0.05) is 44.0 Å². The number of aromatic nitrogens is 2. The maximum absolute atomic E-state index is 10.6. The van der Waals surface area contributed by atoms with E-state index in [1.54, 1.807) is 6.07 Å². The third kappa shape index (κ3) is 5.64. The number of nitrogens with zero attached hydrogens (tertiary/aromatic N) is 3. The van der Waals surface area contributed by atoms with E-state index in [4.69, 9.17) is 16.3 Å². The highest BCUT2D eigenvalue weighted by atomic mass is 35.5. The van der Waals surface area contributed by atoms with Crippen LogP contribution in [0, 0.1) is 0 Å². The second-order valence-corrected chi connectivity index (χ2v) is 9.91. The van der Waals surface area contributed by atoms with Gasteiger partial charge in [0.2, 0.25) is 0 Å². The molecule has 0 spiro atoms. The van der Waals surface area contributed by atoms with Crippen molar-refractivity contribution in [3.63, 3.8) is 0 Å². The molecule has 7 nitrogen and oxygen atoms in total. The Bertz CT molecular complexity index is 1140. The summed E-state index contributed by atoms with van der Waals surface area (Å²) >= 11 is 6.19.